The first-order valence-corrected chi connectivity index (χ1v) is 7.39. The summed E-state index contributed by atoms with van der Waals surface area (Å²) in [4.78, 5) is 15.5. The van der Waals surface area contributed by atoms with Gasteiger partial charge in [-0.1, -0.05) is 30.3 Å². The van der Waals surface area contributed by atoms with E-state index in [2.05, 4.69) is 24.0 Å². The molecule has 1 heterocycles. The summed E-state index contributed by atoms with van der Waals surface area (Å²) in [7, 11) is 1.61. The Morgan fingerprint density at radius 2 is 1.87 bits per heavy atom. The van der Waals surface area contributed by atoms with E-state index in [-0.39, 0.29) is 0 Å². The minimum absolute atomic E-state index is 0.595. The summed E-state index contributed by atoms with van der Waals surface area (Å²) in [6.45, 7) is 2.07. The molecule has 0 unspecified atom stereocenters. The van der Waals surface area contributed by atoms with Crippen molar-refractivity contribution in [3.63, 3.8) is 0 Å². The lowest BCUT2D eigenvalue weighted by Crippen LogP contribution is -1.95. The highest BCUT2D eigenvalue weighted by atomic mass is 16.5. The fourth-order valence-corrected chi connectivity index (χ4v) is 2.75. The Kier molecular flexibility index (Phi) is 4.20. The van der Waals surface area contributed by atoms with E-state index >= 15 is 0 Å². The van der Waals surface area contributed by atoms with Crippen molar-refractivity contribution in [2.75, 3.05) is 7.11 Å². The molecular weight excluding hydrogens is 286 g/mol. The largest absolute Gasteiger partial charge is 0.496 e. The number of nitrogens with zero attached hydrogens (tertiary/aromatic N) is 1. The van der Waals surface area contributed by atoms with Crippen molar-refractivity contribution < 1.29 is 9.53 Å². The van der Waals surface area contributed by atoms with Gasteiger partial charge in [0.05, 0.1) is 12.8 Å². The Labute approximate surface area is 135 Å². The zero-order valence-electron chi connectivity index (χ0n) is 13.1. The maximum atomic E-state index is 11.0. The van der Waals surface area contributed by atoms with Gasteiger partial charge in [0, 0.05) is 22.9 Å². The van der Waals surface area contributed by atoms with Gasteiger partial charge >= 0.3 is 0 Å². The molecule has 23 heavy (non-hydrogen) atoms. The van der Waals surface area contributed by atoms with Gasteiger partial charge in [-0.3, -0.25) is 9.78 Å². The number of aldehydes is 1. The van der Waals surface area contributed by atoms with E-state index in [0.717, 1.165) is 34.2 Å². The third-order valence-corrected chi connectivity index (χ3v) is 3.85. The molecule has 1 aromatic heterocycles. The fourth-order valence-electron chi connectivity index (χ4n) is 2.75. The predicted molar refractivity (Wildman–Crippen MR) is 91.8 cm³/mol. The van der Waals surface area contributed by atoms with Crippen LogP contribution in [0.1, 0.15) is 15.9 Å². The highest BCUT2D eigenvalue weighted by Gasteiger charge is 2.14. The number of benzene rings is 2. The lowest BCUT2D eigenvalue weighted by atomic mass is 9.92. The normalized spacial score (nSPS) is 10.3. The second-order valence-electron chi connectivity index (χ2n) is 5.29. The number of carbonyl (C=O) groups excluding carboxylic acids is 1. The highest BCUT2D eigenvalue weighted by molar-refractivity contribution is 5.88. The van der Waals surface area contributed by atoms with Crippen LogP contribution in [0, 0.1) is 6.92 Å². The van der Waals surface area contributed by atoms with Gasteiger partial charge in [-0.25, -0.2) is 0 Å². The Morgan fingerprint density at radius 3 is 2.57 bits per heavy atom. The molecule has 3 nitrogen and oxygen atoms in total. The third-order valence-electron chi connectivity index (χ3n) is 3.85. The molecule has 0 amide bonds. The lowest BCUT2D eigenvalue weighted by molar-refractivity contribution is 0.112. The molecule has 0 N–H and O–H groups in total. The number of aryl methyl sites for hydroxylation is 1. The summed E-state index contributed by atoms with van der Waals surface area (Å²) in [5.41, 5.74) is 5.72. The highest BCUT2D eigenvalue weighted by Crippen LogP contribution is 2.38. The number of carbonyl (C=O) groups is 1. The molecule has 3 heteroatoms. The number of rotatable bonds is 4. The first-order chi connectivity index (χ1) is 11.2. The molecule has 0 aliphatic rings. The molecule has 3 rings (SSSR count). The van der Waals surface area contributed by atoms with Crippen LogP contribution in [0.5, 0.6) is 5.75 Å². The summed E-state index contributed by atoms with van der Waals surface area (Å²) < 4.78 is 5.49. The number of pyridine rings is 1. The molecule has 0 saturated carbocycles. The van der Waals surface area contributed by atoms with Gasteiger partial charge in [-0.2, -0.15) is 0 Å². The van der Waals surface area contributed by atoms with E-state index in [0.29, 0.717) is 11.3 Å². The minimum Gasteiger partial charge on any atom is -0.496 e. The monoisotopic (exact) mass is 303 g/mol. The Morgan fingerprint density at radius 1 is 1.00 bits per heavy atom. The van der Waals surface area contributed by atoms with E-state index < -0.39 is 0 Å². The Hall–Kier alpha value is -2.94. The summed E-state index contributed by atoms with van der Waals surface area (Å²) in [6, 6.07) is 17.5. The van der Waals surface area contributed by atoms with Crippen molar-refractivity contribution in [1.29, 1.82) is 0 Å². The molecule has 0 saturated heterocycles. The van der Waals surface area contributed by atoms with Crippen molar-refractivity contribution in [3.8, 4) is 28.1 Å². The van der Waals surface area contributed by atoms with Crippen molar-refractivity contribution in [3.05, 3.63) is 71.9 Å². The molecule has 0 bridgehead atoms. The van der Waals surface area contributed by atoms with E-state index in [1.165, 1.54) is 0 Å². The lowest BCUT2D eigenvalue weighted by Gasteiger charge is -2.15. The first kappa shape index (κ1) is 15.0. The smallest absolute Gasteiger partial charge is 0.150 e. The topological polar surface area (TPSA) is 39.2 Å². The fraction of sp³-hybridized carbons (Fsp3) is 0.100. The van der Waals surface area contributed by atoms with Gasteiger partial charge in [0.25, 0.3) is 0 Å². The van der Waals surface area contributed by atoms with E-state index in [9.17, 15) is 4.79 Å². The van der Waals surface area contributed by atoms with Crippen LogP contribution in [0.2, 0.25) is 0 Å². The Balaban J connectivity index is 2.26. The van der Waals surface area contributed by atoms with Crippen LogP contribution in [-0.4, -0.2) is 18.4 Å². The maximum absolute atomic E-state index is 11.0. The van der Waals surface area contributed by atoms with E-state index in [1.54, 1.807) is 25.4 Å². The van der Waals surface area contributed by atoms with Gasteiger partial charge in [-0.15, -0.1) is 0 Å². The molecule has 0 radical (unpaired) electrons. The van der Waals surface area contributed by atoms with Crippen LogP contribution in [0.25, 0.3) is 22.4 Å². The second kappa shape index (κ2) is 6.44. The van der Waals surface area contributed by atoms with Gasteiger partial charge in [-0.05, 0) is 42.3 Å². The van der Waals surface area contributed by atoms with Crippen LogP contribution < -0.4 is 4.74 Å². The standard InChI is InChI=1S/C20H17NO2/c1-14-6-5-7-17(20(14)18-8-3-4-11-21-18)16-10-9-15(13-22)12-19(16)23-2/h3-13H,1-2H3. The van der Waals surface area contributed by atoms with Crippen LogP contribution in [0.4, 0.5) is 0 Å². The zero-order valence-corrected chi connectivity index (χ0v) is 13.1. The molecule has 0 atom stereocenters. The summed E-state index contributed by atoms with van der Waals surface area (Å²) >= 11 is 0. The number of methoxy groups -OCH3 is 1. The molecule has 0 fully saturated rings. The number of ether oxygens (including phenoxy) is 1. The summed E-state index contributed by atoms with van der Waals surface area (Å²) in [6.07, 6.45) is 2.61. The molecule has 3 aromatic rings. The van der Waals surface area contributed by atoms with Gasteiger partial charge in [0.1, 0.15) is 12.0 Å². The number of hydrogen-bond donors (Lipinski definition) is 0. The Bertz CT molecular complexity index is 842. The molecule has 0 aliphatic heterocycles. The minimum atomic E-state index is 0.595. The van der Waals surface area contributed by atoms with Crippen molar-refractivity contribution in [2.45, 2.75) is 6.92 Å². The number of aromatic nitrogens is 1. The van der Waals surface area contributed by atoms with Gasteiger partial charge in [0.15, 0.2) is 0 Å². The number of hydrogen-bond acceptors (Lipinski definition) is 3. The average molecular weight is 303 g/mol. The van der Waals surface area contributed by atoms with Crippen LogP contribution in [-0.2, 0) is 0 Å². The first-order valence-electron chi connectivity index (χ1n) is 7.39. The van der Waals surface area contributed by atoms with Crippen LogP contribution in [0.3, 0.4) is 0 Å². The van der Waals surface area contributed by atoms with Crippen LogP contribution in [0.15, 0.2) is 60.8 Å². The SMILES string of the molecule is COc1cc(C=O)ccc1-c1cccc(C)c1-c1ccccn1. The maximum Gasteiger partial charge on any atom is 0.150 e. The van der Waals surface area contributed by atoms with Crippen molar-refractivity contribution in [2.24, 2.45) is 0 Å². The van der Waals surface area contributed by atoms with Gasteiger partial charge < -0.3 is 4.74 Å². The molecule has 114 valence electrons. The molecule has 0 spiro atoms. The summed E-state index contributed by atoms with van der Waals surface area (Å²) in [5.74, 6) is 0.678. The zero-order chi connectivity index (χ0) is 16.2. The third kappa shape index (κ3) is 2.86. The van der Waals surface area contributed by atoms with Gasteiger partial charge in [0.2, 0.25) is 0 Å². The van der Waals surface area contributed by atoms with E-state index in [4.69, 9.17) is 4.74 Å². The molecule has 2 aromatic carbocycles. The summed E-state index contributed by atoms with van der Waals surface area (Å²) in [5, 5.41) is 0. The average Bonchev–Trinajstić information content (AvgIpc) is 2.61. The predicted octanol–water partition coefficient (Wildman–Crippen LogP) is 4.55. The van der Waals surface area contributed by atoms with E-state index in [1.807, 2.05) is 30.3 Å². The van der Waals surface area contributed by atoms with Crippen molar-refractivity contribution >= 4 is 6.29 Å². The van der Waals surface area contributed by atoms with Crippen molar-refractivity contribution in [1.82, 2.24) is 4.98 Å². The van der Waals surface area contributed by atoms with Crippen LogP contribution >= 0.6 is 0 Å². The quantitative estimate of drug-likeness (QED) is 0.664. The molecule has 0 aliphatic carbocycles. The molecular formula is C20H17NO2. The second-order valence-corrected chi connectivity index (χ2v) is 5.29.